The van der Waals surface area contributed by atoms with Gasteiger partial charge in [0.2, 0.25) is 6.79 Å². The molecule has 2 N–H and O–H groups in total. The molecule has 0 saturated carbocycles. The van der Waals surface area contributed by atoms with E-state index in [1.165, 1.54) is 11.3 Å². The maximum absolute atomic E-state index is 12.5. The second kappa shape index (κ2) is 9.01. The number of rotatable bonds is 6. The first-order chi connectivity index (χ1) is 15.7. The van der Waals surface area contributed by atoms with E-state index in [1.807, 2.05) is 39.9 Å². The molecule has 3 aromatic rings. The number of benzene rings is 1. The maximum Gasteiger partial charge on any atom is 0.269 e. The third-order valence-electron chi connectivity index (χ3n) is 5.63. The van der Waals surface area contributed by atoms with Crippen molar-refractivity contribution in [1.29, 1.82) is 0 Å². The predicted octanol–water partition coefficient (Wildman–Crippen LogP) is 2.05. The van der Waals surface area contributed by atoms with E-state index in [0.717, 1.165) is 30.8 Å². The summed E-state index contributed by atoms with van der Waals surface area (Å²) in [6, 6.07) is 9.15. The van der Waals surface area contributed by atoms with Crippen LogP contribution in [0.4, 0.5) is 0 Å². The van der Waals surface area contributed by atoms with Gasteiger partial charge in [-0.1, -0.05) is 0 Å². The third kappa shape index (κ3) is 4.32. The minimum atomic E-state index is -0.198. The van der Waals surface area contributed by atoms with E-state index in [0.29, 0.717) is 42.5 Å². The lowest BCUT2D eigenvalue weighted by atomic mass is 10.1. The molecular formula is C22H23N5O4S. The monoisotopic (exact) mass is 453 g/mol. The zero-order valence-corrected chi connectivity index (χ0v) is 18.2. The quantitative estimate of drug-likeness (QED) is 0.593. The van der Waals surface area contributed by atoms with Gasteiger partial charge in [-0.2, -0.15) is 16.4 Å². The average Bonchev–Trinajstić information content (AvgIpc) is 3.60. The minimum Gasteiger partial charge on any atom is -0.454 e. The van der Waals surface area contributed by atoms with E-state index in [4.69, 9.17) is 9.47 Å². The first-order valence-electron chi connectivity index (χ1n) is 10.4. The normalized spacial score (nSPS) is 15.7. The zero-order chi connectivity index (χ0) is 21.9. The first kappa shape index (κ1) is 20.5. The summed E-state index contributed by atoms with van der Waals surface area (Å²) in [5.41, 5.74) is 2.68. The van der Waals surface area contributed by atoms with Crippen molar-refractivity contribution in [1.82, 2.24) is 25.3 Å². The molecule has 1 saturated heterocycles. The number of nitrogens with one attached hydrogen (secondary N) is 2. The van der Waals surface area contributed by atoms with E-state index >= 15 is 0 Å². The lowest BCUT2D eigenvalue weighted by molar-refractivity contribution is 0.0638. The summed E-state index contributed by atoms with van der Waals surface area (Å²) in [5, 5.41) is 13.8. The number of ether oxygens (including phenoxy) is 2. The smallest absolute Gasteiger partial charge is 0.269 e. The summed E-state index contributed by atoms with van der Waals surface area (Å²) in [6.07, 6.45) is 0. The van der Waals surface area contributed by atoms with Crippen LogP contribution in [0.1, 0.15) is 20.8 Å². The Hall–Kier alpha value is -3.37. The molecule has 2 aliphatic heterocycles. The number of aromatic amines is 1. The van der Waals surface area contributed by atoms with Crippen molar-refractivity contribution in [2.75, 3.05) is 46.1 Å². The Morgan fingerprint density at radius 3 is 2.75 bits per heavy atom. The molecule has 2 aromatic heterocycles. The molecule has 166 valence electrons. The molecule has 0 atom stereocenters. The SMILES string of the molecule is O=C(NCCN1CCN(C(=O)c2ccsc2)CC1)c1cc(-c2ccc3c(c2)OCO3)n[nH]1. The van der Waals surface area contributed by atoms with Gasteiger partial charge in [-0.3, -0.25) is 19.6 Å². The van der Waals surface area contributed by atoms with Crippen LogP contribution in [0.3, 0.4) is 0 Å². The van der Waals surface area contributed by atoms with Crippen LogP contribution >= 0.6 is 11.3 Å². The van der Waals surface area contributed by atoms with Crippen LogP contribution in [0.25, 0.3) is 11.3 Å². The lowest BCUT2D eigenvalue weighted by Crippen LogP contribution is -2.50. The van der Waals surface area contributed by atoms with Gasteiger partial charge >= 0.3 is 0 Å². The molecule has 0 spiro atoms. The highest BCUT2D eigenvalue weighted by molar-refractivity contribution is 7.08. The Bertz CT molecular complexity index is 1110. The van der Waals surface area contributed by atoms with Crippen molar-refractivity contribution in [3.63, 3.8) is 0 Å². The largest absolute Gasteiger partial charge is 0.454 e. The number of nitrogens with zero attached hydrogens (tertiary/aromatic N) is 3. The summed E-state index contributed by atoms with van der Waals surface area (Å²) in [5.74, 6) is 1.28. The number of carbonyl (C=O) groups is 2. The van der Waals surface area contributed by atoms with Gasteiger partial charge < -0.3 is 19.7 Å². The molecule has 0 radical (unpaired) electrons. The highest BCUT2D eigenvalue weighted by Crippen LogP contribution is 2.35. The standard InChI is InChI=1S/C22H23N5O4S/c28-21(18-12-17(24-25-18)15-1-2-19-20(11-15)31-14-30-19)23-4-5-26-6-8-27(9-7-26)22(29)16-3-10-32-13-16/h1-3,10-13H,4-9,14H2,(H,23,28)(H,24,25). The Morgan fingerprint density at radius 2 is 1.94 bits per heavy atom. The Labute approximate surface area is 188 Å². The second-order valence-electron chi connectivity index (χ2n) is 7.64. The predicted molar refractivity (Wildman–Crippen MR) is 119 cm³/mol. The highest BCUT2D eigenvalue weighted by atomic mass is 32.1. The van der Waals surface area contributed by atoms with Crippen molar-refractivity contribution in [2.45, 2.75) is 0 Å². The summed E-state index contributed by atoms with van der Waals surface area (Å²) in [6.45, 7) is 4.45. The number of amides is 2. The van der Waals surface area contributed by atoms with Crippen LogP contribution in [0.15, 0.2) is 41.1 Å². The van der Waals surface area contributed by atoms with Gasteiger partial charge in [0.1, 0.15) is 5.69 Å². The minimum absolute atomic E-state index is 0.0942. The number of H-pyrrole nitrogens is 1. The fourth-order valence-corrected chi connectivity index (χ4v) is 4.44. The Kier molecular flexibility index (Phi) is 5.78. The van der Waals surface area contributed by atoms with Gasteiger partial charge in [-0.25, -0.2) is 0 Å². The molecule has 0 aliphatic carbocycles. The third-order valence-corrected chi connectivity index (χ3v) is 6.32. The van der Waals surface area contributed by atoms with Crippen molar-refractivity contribution in [2.24, 2.45) is 0 Å². The fourth-order valence-electron chi connectivity index (χ4n) is 3.81. The zero-order valence-electron chi connectivity index (χ0n) is 17.4. The number of piperazine rings is 1. The summed E-state index contributed by atoms with van der Waals surface area (Å²) >= 11 is 1.53. The molecular weight excluding hydrogens is 430 g/mol. The van der Waals surface area contributed by atoms with Crippen molar-refractivity contribution < 1.29 is 19.1 Å². The van der Waals surface area contributed by atoms with E-state index in [1.54, 1.807) is 6.07 Å². The Morgan fingerprint density at radius 1 is 1.09 bits per heavy atom. The molecule has 2 amide bonds. The summed E-state index contributed by atoms with van der Waals surface area (Å²) < 4.78 is 10.7. The van der Waals surface area contributed by atoms with Crippen LogP contribution in [-0.4, -0.2) is 77.9 Å². The number of fused-ring (bicyclic) bond motifs is 1. The highest BCUT2D eigenvalue weighted by Gasteiger charge is 2.22. The van der Waals surface area contributed by atoms with Crippen LogP contribution < -0.4 is 14.8 Å². The molecule has 32 heavy (non-hydrogen) atoms. The van der Waals surface area contributed by atoms with Crippen LogP contribution in [0, 0.1) is 0 Å². The van der Waals surface area contributed by atoms with Crippen LogP contribution in [-0.2, 0) is 0 Å². The summed E-state index contributed by atoms with van der Waals surface area (Å²) in [4.78, 5) is 29.1. The molecule has 0 unspecified atom stereocenters. The molecule has 4 heterocycles. The summed E-state index contributed by atoms with van der Waals surface area (Å²) in [7, 11) is 0. The van der Waals surface area contributed by atoms with Gasteiger partial charge in [0.05, 0.1) is 11.3 Å². The number of carbonyl (C=O) groups excluding carboxylic acids is 2. The van der Waals surface area contributed by atoms with Crippen molar-refractivity contribution in [3.05, 3.63) is 52.3 Å². The topological polar surface area (TPSA) is 99.8 Å². The van der Waals surface area contributed by atoms with Gasteiger partial charge in [-0.05, 0) is 35.7 Å². The first-order valence-corrected chi connectivity index (χ1v) is 11.4. The van der Waals surface area contributed by atoms with Crippen LogP contribution in [0.5, 0.6) is 11.5 Å². The number of aromatic nitrogens is 2. The molecule has 5 rings (SSSR count). The molecule has 9 nitrogen and oxygen atoms in total. The van der Waals surface area contributed by atoms with Crippen molar-refractivity contribution in [3.8, 4) is 22.8 Å². The second-order valence-corrected chi connectivity index (χ2v) is 8.42. The molecule has 1 fully saturated rings. The van der Waals surface area contributed by atoms with Crippen molar-refractivity contribution >= 4 is 23.2 Å². The van der Waals surface area contributed by atoms with E-state index < -0.39 is 0 Å². The van der Waals surface area contributed by atoms with E-state index in [9.17, 15) is 9.59 Å². The number of hydrogen-bond donors (Lipinski definition) is 2. The van der Waals surface area contributed by atoms with E-state index in [-0.39, 0.29) is 18.6 Å². The average molecular weight is 454 g/mol. The van der Waals surface area contributed by atoms with Gasteiger partial charge in [0.15, 0.2) is 11.5 Å². The maximum atomic E-state index is 12.5. The van der Waals surface area contributed by atoms with Gasteiger partial charge in [0, 0.05) is 50.2 Å². The number of hydrogen-bond acceptors (Lipinski definition) is 7. The van der Waals surface area contributed by atoms with Gasteiger partial charge in [0.25, 0.3) is 11.8 Å². The van der Waals surface area contributed by atoms with Gasteiger partial charge in [-0.15, -0.1) is 0 Å². The molecule has 2 aliphatic rings. The van der Waals surface area contributed by atoms with Crippen LogP contribution in [0.2, 0.25) is 0 Å². The molecule has 10 heteroatoms. The molecule has 0 bridgehead atoms. The van der Waals surface area contributed by atoms with E-state index in [2.05, 4.69) is 20.4 Å². The Balaban J connectivity index is 1.08. The number of thiophene rings is 1. The lowest BCUT2D eigenvalue weighted by Gasteiger charge is -2.34. The fraction of sp³-hybridized carbons (Fsp3) is 0.318. The molecule has 1 aromatic carbocycles.